The van der Waals surface area contributed by atoms with Gasteiger partial charge in [-0.1, -0.05) is 36.4 Å². The Bertz CT molecular complexity index is 507. The predicted octanol–water partition coefficient (Wildman–Crippen LogP) is 3.11. The molecule has 1 atom stereocenters. The number of aromatic nitrogens is 1. The molecule has 0 aliphatic rings. The van der Waals surface area contributed by atoms with E-state index in [0.717, 1.165) is 17.8 Å². The third kappa shape index (κ3) is 4.13. The fraction of sp³-hybridized carbons (Fsp3) is 0.333. The molecule has 0 bridgehead atoms. The quantitative estimate of drug-likeness (QED) is 0.760. The molecule has 0 saturated carbocycles. The Morgan fingerprint density at radius 3 is 2.33 bits per heavy atom. The van der Waals surface area contributed by atoms with Crippen LogP contribution in [0.5, 0.6) is 0 Å². The molecule has 1 aromatic carbocycles. The Hall–Kier alpha value is -1.71. The van der Waals surface area contributed by atoms with Crippen molar-refractivity contribution in [2.45, 2.75) is 12.5 Å². The fourth-order valence-electron chi connectivity index (χ4n) is 2.19. The molecule has 0 spiro atoms. The van der Waals surface area contributed by atoms with Gasteiger partial charge in [0, 0.05) is 6.20 Å². The van der Waals surface area contributed by atoms with Gasteiger partial charge in [0.15, 0.2) is 0 Å². The summed E-state index contributed by atoms with van der Waals surface area (Å²) in [5.41, 5.74) is 1.42. The van der Waals surface area contributed by atoms with E-state index in [9.17, 15) is 0 Å². The number of nitrogens with zero attached hydrogens (tertiary/aromatic N) is 2. The molecule has 1 unspecified atom stereocenters. The minimum atomic E-state index is -0.572. The second-order valence-corrected chi connectivity index (χ2v) is 5.96. The van der Waals surface area contributed by atoms with Crippen molar-refractivity contribution in [2.75, 3.05) is 27.2 Å². The molecule has 3 heteroatoms. The second kappa shape index (κ2) is 6.37. The van der Waals surface area contributed by atoms with Crippen molar-refractivity contribution in [3.63, 3.8) is 0 Å². The Balaban J connectivity index is 2.27. The van der Waals surface area contributed by atoms with Gasteiger partial charge < -0.3 is 9.22 Å². The first-order valence-electron chi connectivity index (χ1n) is 7.14. The number of hydrogen-bond donors (Lipinski definition) is 0. The smallest absolute Gasteiger partial charge is 0.206 e. The molecule has 3 nitrogen and oxygen atoms in total. The van der Waals surface area contributed by atoms with Crippen molar-refractivity contribution < 1.29 is 9.22 Å². The van der Waals surface area contributed by atoms with E-state index in [-0.39, 0.29) is 0 Å². The average molecular weight is 283 g/mol. The Morgan fingerprint density at radius 1 is 1.10 bits per heavy atom. The summed E-state index contributed by atoms with van der Waals surface area (Å²) in [4.78, 5) is 4.48. The van der Waals surface area contributed by atoms with Crippen LogP contribution in [0.1, 0.15) is 18.2 Å². The van der Waals surface area contributed by atoms with Crippen LogP contribution in [0.4, 0.5) is 0 Å². The molecule has 110 valence electrons. The molecular weight excluding hydrogens is 260 g/mol. The largest absolute Gasteiger partial charge is 0.358 e. The molecule has 0 N–H and O–H groups in total. The van der Waals surface area contributed by atoms with Gasteiger partial charge in [-0.2, -0.15) is 0 Å². The van der Waals surface area contributed by atoms with Crippen molar-refractivity contribution in [1.29, 1.82) is 0 Å². The van der Waals surface area contributed by atoms with E-state index in [2.05, 4.69) is 24.0 Å². The maximum atomic E-state index is 6.22. The molecule has 0 aliphatic heterocycles. The van der Waals surface area contributed by atoms with E-state index in [4.69, 9.17) is 11.8 Å². The Kier molecular flexibility index (Phi) is 4.76. The first-order chi connectivity index (χ1) is 9.92. The summed E-state index contributed by atoms with van der Waals surface area (Å²) in [5.74, 6) is 0. The number of pyridine rings is 1. The highest BCUT2D eigenvalue weighted by Gasteiger charge is 2.31. The van der Waals surface area contributed by atoms with Crippen molar-refractivity contribution in [3.05, 3.63) is 73.0 Å². The van der Waals surface area contributed by atoms with E-state index in [1.807, 2.05) is 50.5 Å². The summed E-state index contributed by atoms with van der Waals surface area (Å²) < 4.78 is 6.60. The fourth-order valence-corrected chi connectivity index (χ4v) is 2.19. The van der Waals surface area contributed by atoms with E-state index in [1.165, 1.54) is 0 Å². The summed E-state index contributed by atoms with van der Waals surface area (Å²) in [6.45, 7) is 3.35. The monoisotopic (exact) mass is 283 g/mol. The molecule has 2 radical (unpaired) electrons. The third-order valence-electron chi connectivity index (χ3n) is 3.54. The van der Waals surface area contributed by atoms with Crippen LogP contribution in [0.2, 0.25) is 0 Å². The van der Waals surface area contributed by atoms with Crippen LogP contribution in [-0.4, -0.2) is 36.7 Å². The van der Waals surface area contributed by atoms with Gasteiger partial charge in [-0.05, 0) is 24.6 Å². The van der Waals surface area contributed by atoms with Crippen LogP contribution in [-0.2, 0) is 10.3 Å². The number of quaternary nitrogens is 1. The number of ether oxygens (including phenoxy) is 1. The van der Waals surface area contributed by atoms with Crippen LogP contribution in [0.25, 0.3) is 0 Å². The number of hydrogen-bond acceptors (Lipinski definition) is 2. The van der Waals surface area contributed by atoms with Crippen molar-refractivity contribution in [3.8, 4) is 0 Å². The van der Waals surface area contributed by atoms with Crippen LogP contribution in [0, 0.1) is 7.05 Å². The summed E-state index contributed by atoms with van der Waals surface area (Å²) in [6, 6.07) is 16.1. The zero-order valence-electron chi connectivity index (χ0n) is 13.0. The zero-order chi connectivity index (χ0) is 15.3. The van der Waals surface area contributed by atoms with Gasteiger partial charge in [0.25, 0.3) is 0 Å². The average Bonchev–Trinajstić information content (AvgIpc) is 2.47. The lowest BCUT2D eigenvalue weighted by Gasteiger charge is -2.31. The van der Waals surface area contributed by atoms with Gasteiger partial charge in [0.05, 0.1) is 26.4 Å². The minimum Gasteiger partial charge on any atom is -0.358 e. The second-order valence-electron chi connectivity index (χ2n) is 5.96. The first-order valence-corrected chi connectivity index (χ1v) is 7.14. The summed E-state index contributed by atoms with van der Waals surface area (Å²) in [6.07, 6.45) is 1.79. The lowest BCUT2D eigenvalue weighted by atomic mass is 9.91. The summed E-state index contributed by atoms with van der Waals surface area (Å²) >= 11 is 0. The van der Waals surface area contributed by atoms with Gasteiger partial charge in [-0.25, -0.2) is 0 Å². The van der Waals surface area contributed by atoms with E-state index in [0.29, 0.717) is 11.1 Å². The lowest BCUT2D eigenvalue weighted by molar-refractivity contribution is -0.846. The van der Waals surface area contributed by atoms with E-state index < -0.39 is 5.60 Å². The number of benzene rings is 1. The molecule has 1 aromatic heterocycles. The molecular formula is C18H23N2O+. The van der Waals surface area contributed by atoms with Crippen molar-refractivity contribution in [2.24, 2.45) is 0 Å². The molecule has 0 aliphatic carbocycles. The highest BCUT2D eigenvalue weighted by atomic mass is 16.5. The number of likely N-dealkylation sites (N-methyl/N-ethyl adjacent to an activating group) is 1. The predicted molar refractivity (Wildman–Crippen MR) is 84.4 cm³/mol. The molecule has 0 amide bonds. The number of rotatable bonds is 6. The molecule has 1 heterocycles. The maximum Gasteiger partial charge on any atom is 0.206 e. The van der Waals surface area contributed by atoms with Crippen LogP contribution >= 0.6 is 0 Å². The molecule has 0 saturated heterocycles. The van der Waals surface area contributed by atoms with Crippen LogP contribution in [0.15, 0.2) is 54.7 Å². The van der Waals surface area contributed by atoms with Crippen LogP contribution in [0.3, 0.4) is 0 Å². The van der Waals surface area contributed by atoms with Crippen molar-refractivity contribution in [1.82, 2.24) is 4.98 Å². The van der Waals surface area contributed by atoms with Gasteiger partial charge in [-0.15, -0.1) is 0 Å². The molecule has 2 rings (SSSR count). The first kappa shape index (κ1) is 15.7. The molecule has 21 heavy (non-hydrogen) atoms. The Morgan fingerprint density at radius 2 is 1.76 bits per heavy atom. The SMILES string of the molecule is [CH][N+](C)(C)CCOC(C)(c1ccccc1)c1ccccn1. The van der Waals surface area contributed by atoms with Gasteiger partial charge in [0.1, 0.15) is 12.1 Å². The topological polar surface area (TPSA) is 22.1 Å². The third-order valence-corrected chi connectivity index (χ3v) is 3.54. The van der Waals surface area contributed by atoms with Gasteiger partial charge >= 0.3 is 0 Å². The highest BCUT2D eigenvalue weighted by molar-refractivity contribution is 5.31. The maximum absolute atomic E-state index is 6.22. The van der Waals surface area contributed by atoms with E-state index >= 15 is 0 Å². The van der Waals surface area contributed by atoms with Gasteiger partial charge in [0.2, 0.25) is 7.05 Å². The molecule has 2 aromatic rings. The summed E-state index contributed by atoms with van der Waals surface area (Å²) in [5, 5.41) is 0. The standard InChI is InChI=1S/C18H23N2O/c1-18(16-10-6-5-7-11-16,17-12-8-9-13-19-17)21-15-14-20(2,3)4/h2,5-13H,14-15H2,1,3-4H3/q+1. The van der Waals surface area contributed by atoms with Crippen molar-refractivity contribution >= 4 is 0 Å². The minimum absolute atomic E-state index is 0.382. The lowest BCUT2D eigenvalue weighted by Crippen LogP contribution is -2.38. The molecule has 0 fully saturated rings. The Labute approximate surface area is 127 Å². The highest BCUT2D eigenvalue weighted by Crippen LogP contribution is 2.31. The van der Waals surface area contributed by atoms with E-state index in [1.54, 1.807) is 6.20 Å². The normalized spacial score (nSPS) is 14.7. The van der Waals surface area contributed by atoms with Crippen LogP contribution < -0.4 is 0 Å². The summed E-state index contributed by atoms with van der Waals surface area (Å²) in [7, 11) is 9.88. The zero-order valence-corrected chi connectivity index (χ0v) is 13.0. The van der Waals surface area contributed by atoms with Gasteiger partial charge in [-0.3, -0.25) is 4.98 Å².